The molecule has 0 fully saturated rings. The fourth-order valence-electron chi connectivity index (χ4n) is 2.02. The van der Waals surface area contributed by atoms with E-state index in [4.69, 9.17) is 25.5 Å². The van der Waals surface area contributed by atoms with Crippen LogP contribution in [0.4, 0.5) is 0 Å². The summed E-state index contributed by atoms with van der Waals surface area (Å²) < 4.78 is 16.3. The summed E-state index contributed by atoms with van der Waals surface area (Å²) in [6.07, 6.45) is 1.68. The van der Waals surface area contributed by atoms with Gasteiger partial charge in [0, 0.05) is 10.9 Å². The largest absolute Gasteiger partial charge is 0.497 e. The van der Waals surface area contributed by atoms with Gasteiger partial charge in [-0.2, -0.15) is 0 Å². The Balaban J connectivity index is 1.78. The molecule has 0 spiro atoms. The molecule has 102 valence electrons. The molecule has 0 aliphatic heterocycles. The Morgan fingerprint density at radius 2 is 1.80 bits per heavy atom. The monoisotopic (exact) mass is 288 g/mol. The highest BCUT2D eigenvalue weighted by molar-refractivity contribution is 6.34. The Kier molecular flexibility index (Phi) is 3.52. The standard InChI is InChI=1S/C16H13ClO3/c1-18-12-5-7-13(8-6-12)19-9-11-10-20-16-14(11)3-2-4-15(16)17/h2-8,10H,9H2,1H3. The van der Waals surface area contributed by atoms with Gasteiger partial charge in [0.15, 0.2) is 5.58 Å². The zero-order chi connectivity index (χ0) is 13.9. The van der Waals surface area contributed by atoms with Crippen molar-refractivity contribution in [2.45, 2.75) is 6.61 Å². The molecule has 0 N–H and O–H groups in total. The van der Waals surface area contributed by atoms with Crippen molar-refractivity contribution in [1.29, 1.82) is 0 Å². The summed E-state index contributed by atoms with van der Waals surface area (Å²) in [7, 11) is 1.64. The minimum absolute atomic E-state index is 0.430. The molecule has 0 amide bonds. The highest BCUT2D eigenvalue weighted by Gasteiger charge is 2.09. The Hall–Kier alpha value is -2.13. The fourth-order valence-corrected chi connectivity index (χ4v) is 2.24. The second-order valence-corrected chi connectivity index (χ2v) is 4.75. The highest BCUT2D eigenvalue weighted by atomic mass is 35.5. The summed E-state index contributed by atoms with van der Waals surface area (Å²) in [6.45, 7) is 0.430. The molecular weight excluding hydrogens is 276 g/mol. The van der Waals surface area contributed by atoms with Crippen molar-refractivity contribution in [1.82, 2.24) is 0 Å². The van der Waals surface area contributed by atoms with E-state index >= 15 is 0 Å². The van der Waals surface area contributed by atoms with Crippen LogP contribution in [0.3, 0.4) is 0 Å². The maximum absolute atomic E-state index is 6.07. The normalized spacial score (nSPS) is 10.7. The first kappa shape index (κ1) is 12.9. The molecule has 4 heteroatoms. The third kappa shape index (κ3) is 2.45. The van der Waals surface area contributed by atoms with E-state index in [0.29, 0.717) is 17.2 Å². The minimum Gasteiger partial charge on any atom is -0.497 e. The van der Waals surface area contributed by atoms with Crippen LogP contribution in [-0.2, 0) is 6.61 Å². The third-order valence-electron chi connectivity index (χ3n) is 3.09. The number of fused-ring (bicyclic) bond motifs is 1. The van der Waals surface area contributed by atoms with Crippen LogP contribution in [0.5, 0.6) is 11.5 Å². The average Bonchev–Trinajstić information content (AvgIpc) is 2.90. The first-order valence-electron chi connectivity index (χ1n) is 6.19. The van der Waals surface area contributed by atoms with Crippen LogP contribution in [0, 0.1) is 0 Å². The Morgan fingerprint density at radius 1 is 1.05 bits per heavy atom. The van der Waals surface area contributed by atoms with Crippen molar-refractivity contribution < 1.29 is 13.9 Å². The molecule has 2 aromatic carbocycles. The molecule has 0 saturated heterocycles. The lowest BCUT2D eigenvalue weighted by molar-refractivity contribution is 0.305. The van der Waals surface area contributed by atoms with Gasteiger partial charge in [-0.15, -0.1) is 0 Å². The predicted octanol–water partition coefficient (Wildman–Crippen LogP) is 4.67. The Labute approximate surface area is 121 Å². The number of rotatable bonds is 4. The lowest BCUT2D eigenvalue weighted by Gasteiger charge is -2.06. The third-order valence-corrected chi connectivity index (χ3v) is 3.38. The van der Waals surface area contributed by atoms with Crippen LogP contribution in [0.1, 0.15) is 5.56 Å². The van der Waals surface area contributed by atoms with Crippen LogP contribution in [0.25, 0.3) is 11.0 Å². The zero-order valence-corrected chi connectivity index (χ0v) is 11.7. The van der Waals surface area contributed by atoms with E-state index in [-0.39, 0.29) is 0 Å². The Bertz CT molecular complexity index is 716. The molecule has 0 aliphatic rings. The summed E-state index contributed by atoms with van der Waals surface area (Å²) >= 11 is 6.07. The molecule has 0 aliphatic carbocycles. The summed E-state index contributed by atoms with van der Waals surface area (Å²) in [5, 5.41) is 1.59. The molecule has 0 saturated carbocycles. The number of ether oxygens (including phenoxy) is 2. The van der Waals surface area contributed by atoms with E-state index in [1.54, 1.807) is 13.4 Å². The molecule has 0 bridgehead atoms. The first-order chi connectivity index (χ1) is 9.78. The Morgan fingerprint density at radius 3 is 2.55 bits per heavy atom. The lowest BCUT2D eigenvalue weighted by Crippen LogP contribution is -1.94. The number of para-hydroxylation sites is 1. The van der Waals surface area contributed by atoms with Gasteiger partial charge >= 0.3 is 0 Å². The van der Waals surface area contributed by atoms with Gasteiger partial charge in [-0.3, -0.25) is 0 Å². The average molecular weight is 289 g/mol. The molecule has 3 aromatic rings. The summed E-state index contributed by atoms with van der Waals surface area (Å²) in [4.78, 5) is 0. The lowest BCUT2D eigenvalue weighted by atomic mass is 10.2. The van der Waals surface area contributed by atoms with Crippen LogP contribution in [0.2, 0.25) is 5.02 Å². The number of benzene rings is 2. The maximum Gasteiger partial charge on any atom is 0.152 e. The molecule has 3 nitrogen and oxygen atoms in total. The van der Waals surface area contributed by atoms with Gasteiger partial charge in [0.05, 0.1) is 18.4 Å². The molecule has 0 radical (unpaired) electrons. The SMILES string of the molecule is COc1ccc(OCc2coc3c(Cl)cccc23)cc1. The second-order valence-electron chi connectivity index (χ2n) is 4.34. The molecule has 0 unspecified atom stereocenters. The van der Waals surface area contributed by atoms with E-state index in [9.17, 15) is 0 Å². The molecule has 1 heterocycles. The minimum atomic E-state index is 0.430. The van der Waals surface area contributed by atoms with Crippen molar-refractivity contribution in [2.24, 2.45) is 0 Å². The number of halogens is 1. The summed E-state index contributed by atoms with van der Waals surface area (Å²) in [5.74, 6) is 1.58. The van der Waals surface area contributed by atoms with Gasteiger partial charge in [-0.05, 0) is 30.3 Å². The number of hydrogen-bond acceptors (Lipinski definition) is 3. The second kappa shape index (κ2) is 5.47. The van der Waals surface area contributed by atoms with Gasteiger partial charge in [-0.25, -0.2) is 0 Å². The van der Waals surface area contributed by atoms with Crippen molar-refractivity contribution in [3.05, 3.63) is 59.3 Å². The summed E-state index contributed by atoms with van der Waals surface area (Å²) in [6, 6.07) is 13.1. The smallest absolute Gasteiger partial charge is 0.152 e. The van der Waals surface area contributed by atoms with E-state index in [1.165, 1.54) is 0 Å². The van der Waals surface area contributed by atoms with E-state index in [2.05, 4.69) is 0 Å². The van der Waals surface area contributed by atoms with E-state index < -0.39 is 0 Å². The van der Waals surface area contributed by atoms with Crippen LogP contribution in [0.15, 0.2) is 53.1 Å². The van der Waals surface area contributed by atoms with Crippen molar-refractivity contribution in [2.75, 3.05) is 7.11 Å². The van der Waals surface area contributed by atoms with Gasteiger partial charge < -0.3 is 13.9 Å². The molecule has 0 atom stereocenters. The van der Waals surface area contributed by atoms with Crippen molar-refractivity contribution in [3.63, 3.8) is 0 Å². The van der Waals surface area contributed by atoms with Crippen LogP contribution >= 0.6 is 11.6 Å². The van der Waals surface area contributed by atoms with Gasteiger partial charge in [0.2, 0.25) is 0 Å². The van der Waals surface area contributed by atoms with E-state index in [1.807, 2.05) is 42.5 Å². The van der Waals surface area contributed by atoms with Crippen LogP contribution < -0.4 is 9.47 Å². The number of methoxy groups -OCH3 is 1. The number of hydrogen-bond donors (Lipinski definition) is 0. The quantitative estimate of drug-likeness (QED) is 0.699. The van der Waals surface area contributed by atoms with Gasteiger partial charge in [0.25, 0.3) is 0 Å². The highest BCUT2D eigenvalue weighted by Crippen LogP contribution is 2.28. The van der Waals surface area contributed by atoms with Gasteiger partial charge in [0.1, 0.15) is 18.1 Å². The zero-order valence-electron chi connectivity index (χ0n) is 10.9. The molecule has 1 aromatic heterocycles. The maximum atomic E-state index is 6.07. The van der Waals surface area contributed by atoms with Crippen molar-refractivity contribution in [3.8, 4) is 11.5 Å². The number of furan rings is 1. The van der Waals surface area contributed by atoms with E-state index in [0.717, 1.165) is 22.4 Å². The topological polar surface area (TPSA) is 31.6 Å². The van der Waals surface area contributed by atoms with Gasteiger partial charge in [-0.1, -0.05) is 23.7 Å². The predicted molar refractivity (Wildman–Crippen MR) is 78.6 cm³/mol. The van der Waals surface area contributed by atoms with Crippen molar-refractivity contribution >= 4 is 22.6 Å². The van der Waals surface area contributed by atoms with Crippen LogP contribution in [-0.4, -0.2) is 7.11 Å². The first-order valence-corrected chi connectivity index (χ1v) is 6.57. The fraction of sp³-hybridized carbons (Fsp3) is 0.125. The molecule has 3 rings (SSSR count). The summed E-state index contributed by atoms with van der Waals surface area (Å²) in [5.41, 5.74) is 1.67. The molecular formula is C16H13ClO3. The molecule has 20 heavy (non-hydrogen) atoms.